The number of fused-ring (bicyclic) bond motifs is 1. The predicted octanol–water partition coefficient (Wildman–Crippen LogP) is 1.98. The van der Waals surface area contributed by atoms with E-state index in [1.165, 1.54) is 11.1 Å². The van der Waals surface area contributed by atoms with Crippen molar-refractivity contribution >= 4 is 0 Å². The Morgan fingerprint density at radius 2 is 2.15 bits per heavy atom. The molecule has 1 aromatic rings. The highest BCUT2D eigenvalue weighted by molar-refractivity contribution is 5.40. The maximum atomic E-state index is 6.52. The molecule has 1 aromatic carbocycles. The third kappa shape index (κ3) is 3.14. The number of nitrogens with zero attached hydrogens (tertiary/aromatic N) is 1. The lowest BCUT2D eigenvalue weighted by Crippen LogP contribution is -2.46. The maximum absolute atomic E-state index is 6.52. The van der Waals surface area contributed by atoms with E-state index in [-0.39, 0.29) is 6.04 Å². The lowest BCUT2D eigenvalue weighted by atomic mass is 9.83. The summed E-state index contributed by atoms with van der Waals surface area (Å²) < 4.78 is 10.5. The number of methoxy groups -OCH3 is 2. The molecule has 0 bridgehead atoms. The van der Waals surface area contributed by atoms with Crippen molar-refractivity contribution in [2.24, 2.45) is 5.73 Å². The second-order valence-corrected chi connectivity index (χ2v) is 5.32. The number of nitrogens with two attached hydrogens (primary N) is 1. The van der Waals surface area contributed by atoms with Gasteiger partial charge in [-0.05, 0) is 42.6 Å². The van der Waals surface area contributed by atoms with Gasteiger partial charge >= 0.3 is 0 Å². The van der Waals surface area contributed by atoms with Crippen molar-refractivity contribution in [3.05, 3.63) is 29.3 Å². The Morgan fingerprint density at radius 1 is 1.35 bits per heavy atom. The van der Waals surface area contributed by atoms with Gasteiger partial charge in [-0.1, -0.05) is 13.0 Å². The molecule has 20 heavy (non-hydrogen) atoms. The molecule has 0 aromatic heterocycles. The van der Waals surface area contributed by atoms with Crippen LogP contribution in [-0.2, 0) is 11.2 Å². The van der Waals surface area contributed by atoms with Gasteiger partial charge in [0.2, 0.25) is 0 Å². The average molecular weight is 278 g/mol. The average Bonchev–Trinajstić information content (AvgIpc) is 2.49. The highest BCUT2D eigenvalue weighted by Crippen LogP contribution is 2.33. The fraction of sp³-hybridized carbons (Fsp3) is 0.625. The van der Waals surface area contributed by atoms with Gasteiger partial charge in [0.15, 0.2) is 0 Å². The van der Waals surface area contributed by atoms with Crippen LogP contribution in [0.1, 0.15) is 30.5 Å². The van der Waals surface area contributed by atoms with E-state index in [1.807, 2.05) is 6.07 Å². The topological polar surface area (TPSA) is 47.7 Å². The second kappa shape index (κ2) is 7.07. The van der Waals surface area contributed by atoms with Crippen LogP contribution < -0.4 is 10.5 Å². The summed E-state index contributed by atoms with van der Waals surface area (Å²) in [6.45, 7) is 4.87. The molecule has 0 fully saturated rings. The first-order valence-corrected chi connectivity index (χ1v) is 7.36. The zero-order valence-electron chi connectivity index (χ0n) is 12.8. The van der Waals surface area contributed by atoms with Crippen molar-refractivity contribution in [3.63, 3.8) is 0 Å². The molecule has 2 atom stereocenters. The quantitative estimate of drug-likeness (QED) is 0.864. The van der Waals surface area contributed by atoms with Crippen LogP contribution in [0.2, 0.25) is 0 Å². The molecule has 1 aliphatic carbocycles. The summed E-state index contributed by atoms with van der Waals surface area (Å²) in [5.74, 6) is 0.889. The molecule has 0 saturated heterocycles. The van der Waals surface area contributed by atoms with Crippen LogP contribution in [0, 0.1) is 0 Å². The normalized spacial score (nSPS) is 21.9. The largest absolute Gasteiger partial charge is 0.497 e. The van der Waals surface area contributed by atoms with E-state index in [1.54, 1.807) is 14.2 Å². The van der Waals surface area contributed by atoms with Gasteiger partial charge in [-0.3, -0.25) is 4.90 Å². The minimum atomic E-state index is 0.0469. The highest BCUT2D eigenvalue weighted by Gasteiger charge is 2.30. The third-order valence-corrected chi connectivity index (χ3v) is 4.29. The van der Waals surface area contributed by atoms with E-state index in [0.29, 0.717) is 6.04 Å². The van der Waals surface area contributed by atoms with Crippen LogP contribution in [0.25, 0.3) is 0 Å². The first-order chi connectivity index (χ1) is 9.71. The number of rotatable bonds is 6. The molecule has 1 aliphatic rings. The molecule has 0 saturated carbocycles. The highest BCUT2D eigenvalue weighted by atomic mass is 16.5. The zero-order chi connectivity index (χ0) is 14.5. The molecule has 4 nitrogen and oxygen atoms in total. The van der Waals surface area contributed by atoms with Crippen molar-refractivity contribution in [2.45, 2.75) is 31.8 Å². The molecule has 0 heterocycles. The third-order valence-electron chi connectivity index (χ3n) is 4.29. The molecule has 2 rings (SSSR count). The summed E-state index contributed by atoms with van der Waals surface area (Å²) in [7, 11) is 3.44. The smallest absolute Gasteiger partial charge is 0.119 e. The Kier molecular flexibility index (Phi) is 5.40. The van der Waals surface area contributed by atoms with Crippen LogP contribution in [0.5, 0.6) is 5.75 Å². The van der Waals surface area contributed by atoms with Gasteiger partial charge in [-0.25, -0.2) is 0 Å². The molecule has 0 spiro atoms. The number of likely N-dealkylation sites (N-methyl/N-ethyl adjacent to an activating group) is 1. The molecular formula is C16H26N2O2. The zero-order valence-corrected chi connectivity index (χ0v) is 12.8. The molecule has 0 amide bonds. The van der Waals surface area contributed by atoms with E-state index in [9.17, 15) is 0 Å². The Labute approximate surface area is 121 Å². The van der Waals surface area contributed by atoms with E-state index < -0.39 is 0 Å². The fourth-order valence-electron chi connectivity index (χ4n) is 3.10. The number of benzene rings is 1. The Hall–Kier alpha value is -1.10. The standard InChI is InChI=1S/C16H26N2O2/c1-4-18(9-10-19-2)15-8-6-12-5-7-13(20-3)11-14(12)16(15)17/h5,7,11,15-16H,4,6,8-10,17H2,1-3H3. The van der Waals surface area contributed by atoms with E-state index in [4.69, 9.17) is 15.2 Å². The van der Waals surface area contributed by atoms with Gasteiger partial charge in [0.1, 0.15) is 5.75 Å². The molecule has 2 N–H and O–H groups in total. The van der Waals surface area contributed by atoms with Crippen molar-refractivity contribution < 1.29 is 9.47 Å². The van der Waals surface area contributed by atoms with E-state index in [2.05, 4.69) is 24.0 Å². The SMILES string of the molecule is CCN(CCOC)C1CCc2ccc(OC)cc2C1N. The summed E-state index contributed by atoms with van der Waals surface area (Å²) in [4.78, 5) is 2.43. The lowest BCUT2D eigenvalue weighted by Gasteiger charge is -2.39. The van der Waals surface area contributed by atoms with Gasteiger partial charge in [0, 0.05) is 25.7 Å². The summed E-state index contributed by atoms with van der Waals surface area (Å²) in [5.41, 5.74) is 9.12. The minimum Gasteiger partial charge on any atom is -0.497 e. The number of hydrogen-bond acceptors (Lipinski definition) is 4. The van der Waals surface area contributed by atoms with Crippen LogP contribution >= 0.6 is 0 Å². The van der Waals surface area contributed by atoms with Gasteiger partial charge in [-0.15, -0.1) is 0 Å². The number of aryl methyl sites for hydroxylation is 1. The summed E-state index contributed by atoms with van der Waals surface area (Å²) in [5, 5.41) is 0. The Balaban J connectivity index is 2.18. The maximum Gasteiger partial charge on any atom is 0.119 e. The Bertz CT molecular complexity index is 436. The van der Waals surface area contributed by atoms with Gasteiger partial charge in [0.25, 0.3) is 0 Å². The minimum absolute atomic E-state index is 0.0469. The van der Waals surface area contributed by atoms with Crippen LogP contribution in [0.3, 0.4) is 0 Å². The molecule has 4 heteroatoms. The fourth-order valence-corrected chi connectivity index (χ4v) is 3.10. The van der Waals surface area contributed by atoms with Crippen molar-refractivity contribution in [3.8, 4) is 5.75 Å². The monoisotopic (exact) mass is 278 g/mol. The van der Waals surface area contributed by atoms with E-state index >= 15 is 0 Å². The molecular weight excluding hydrogens is 252 g/mol. The molecule has 112 valence electrons. The van der Waals surface area contributed by atoms with Crippen molar-refractivity contribution in [1.82, 2.24) is 4.90 Å². The number of hydrogen-bond donors (Lipinski definition) is 1. The second-order valence-electron chi connectivity index (χ2n) is 5.32. The molecule has 0 aliphatic heterocycles. The molecule has 0 radical (unpaired) electrons. The van der Waals surface area contributed by atoms with Gasteiger partial charge in [-0.2, -0.15) is 0 Å². The van der Waals surface area contributed by atoms with Crippen molar-refractivity contribution in [2.75, 3.05) is 33.9 Å². The first-order valence-electron chi connectivity index (χ1n) is 7.36. The van der Waals surface area contributed by atoms with E-state index in [0.717, 1.165) is 38.3 Å². The van der Waals surface area contributed by atoms with Gasteiger partial charge in [0.05, 0.1) is 13.7 Å². The summed E-state index contributed by atoms with van der Waals surface area (Å²) >= 11 is 0. The van der Waals surface area contributed by atoms with Gasteiger partial charge < -0.3 is 15.2 Å². The van der Waals surface area contributed by atoms with Crippen LogP contribution in [0.4, 0.5) is 0 Å². The first kappa shape index (κ1) is 15.3. The summed E-state index contributed by atoms with van der Waals surface area (Å²) in [6, 6.07) is 6.70. The Morgan fingerprint density at radius 3 is 2.80 bits per heavy atom. The summed E-state index contributed by atoms with van der Waals surface area (Å²) in [6.07, 6.45) is 2.19. The van der Waals surface area contributed by atoms with Crippen LogP contribution in [-0.4, -0.2) is 44.9 Å². The van der Waals surface area contributed by atoms with Crippen LogP contribution in [0.15, 0.2) is 18.2 Å². The molecule has 2 unspecified atom stereocenters. The predicted molar refractivity (Wildman–Crippen MR) is 81.2 cm³/mol. The number of ether oxygens (including phenoxy) is 2. The lowest BCUT2D eigenvalue weighted by molar-refractivity contribution is 0.105. The van der Waals surface area contributed by atoms with Crippen molar-refractivity contribution in [1.29, 1.82) is 0 Å².